The lowest BCUT2D eigenvalue weighted by Gasteiger charge is -2.40. The topological polar surface area (TPSA) is 40.5 Å². The highest BCUT2D eigenvalue weighted by Gasteiger charge is 2.48. The molecule has 1 aromatic rings. The Balaban J connectivity index is 1.69. The predicted octanol–water partition coefficient (Wildman–Crippen LogP) is 3.42. The van der Waals surface area contributed by atoms with Gasteiger partial charge in [-0.25, -0.2) is 4.39 Å². The molecule has 3 atom stereocenters. The number of benzene rings is 1. The van der Waals surface area contributed by atoms with Crippen molar-refractivity contribution in [2.75, 3.05) is 13.1 Å². The van der Waals surface area contributed by atoms with Crippen molar-refractivity contribution < 1.29 is 14.3 Å². The van der Waals surface area contributed by atoms with Crippen LogP contribution in [0.2, 0.25) is 5.02 Å². The first-order valence-corrected chi connectivity index (χ1v) is 8.74. The van der Waals surface area contributed by atoms with Gasteiger partial charge >= 0.3 is 0 Å². The molecule has 0 unspecified atom stereocenters. The molecule has 3 rings (SSSR count). The van der Waals surface area contributed by atoms with Crippen LogP contribution in [0, 0.1) is 17.7 Å². The lowest BCUT2D eigenvalue weighted by molar-refractivity contribution is -0.130. The quantitative estimate of drug-likeness (QED) is 0.916. The van der Waals surface area contributed by atoms with Crippen molar-refractivity contribution >= 4 is 17.5 Å². The van der Waals surface area contributed by atoms with Gasteiger partial charge < -0.3 is 10.0 Å². The van der Waals surface area contributed by atoms with E-state index in [-0.39, 0.29) is 18.2 Å². The van der Waals surface area contributed by atoms with Crippen molar-refractivity contribution in [2.45, 2.75) is 44.6 Å². The normalized spacial score (nSPS) is 30.3. The minimum atomic E-state index is -0.639. The van der Waals surface area contributed by atoms with Crippen molar-refractivity contribution in [3.05, 3.63) is 34.6 Å². The number of likely N-dealkylation sites (tertiary alicyclic amines) is 1. The Kier molecular flexibility index (Phi) is 4.65. The first-order valence-electron chi connectivity index (χ1n) is 8.36. The predicted molar refractivity (Wildman–Crippen MR) is 87.8 cm³/mol. The van der Waals surface area contributed by atoms with Crippen molar-refractivity contribution in [1.29, 1.82) is 0 Å². The van der Waals surface area contributed by atoms with Crippen molar-refractivity contribution in [3.8, 4) is 0 Å². The van der Waals surface area contributed by atoms with E-state index in [0.29, 0.717) is 29.6 Å². The molecule has 0 radical (unpaired) electrons. The SMILES string of the molecule is CC[C@]1(O)CCC[C@H]2CN(C(=O)Cc3cc(F)cc(Cl)c3)C[C@H]21. The fraction of sp³-hybridized carbons (Fsp3) is 0.611. The average molecular weight is 340 g/mol. The van der Waals surface area contributed by atoms with Crippen LogP contribution in [0.25, 0.3) is 0 Å². The first-order chi connectivity index (χ1) is 10.9. The van der Waals surface area contributed by atoms with E-state index in [2.05, 4.69) is 0 Å². The number of nitrogens with zero attached hydrogens (tertiary/aromatic N) is 1. The number of hydrogen-bond donors (Lipinski definition) is 1. The number of halogens is 2. The van der Waals surface area contributed by atoms with E-state index in [1.807, 2.05) is 11.8 Å². The summed E-state index contributed by atoms with van der Waals surface area (Å²) in [5.41, 5.74) is -0.0410. The third kappa shape index (κ3) is 3.38. The van der Waals surface area contributed by atoms with Gasteiger partial charge in [0.15, 0.2) is 0 Å². The van der Waals surface area contributed by atoms with Gasteiger partial charge in [0.1, 0.15) is 5.82 Å². The maximum absolute atomic E-state index is 13.4. The highest BCUT2D eigenvalue weighted by Crippen LogP contribution is 2.44. The molecule has 5 heteroatoms. The van der Waals surface area contributed by atoms with Gasteiger partial charge in [0.05, 0.1) is 12.0 Å². The molecule has 126 valence electrons. The van der Waals surface area contributed by atoms with E-state index in [1.165, 1.54) is 12.1 Å². The van der Waals surface area contributed by atoms with Crippen LogP contribution >= 0.6 is 11.6 Å². The molecule has 2 aliphatic rings. The van der Waals surface area contributed by atoms with Gasteiger partial charge in [-0.2, -0.15) is 0 Å². The second kappa shape index (κ2) is 6.40. The fourth-order valence-electron chi connectivity index (χ4n) is 4.27. The van der Waals surface area contributed by atoms with Gasteiger partial charge in [0.25, 0.3) is 0 Å². The molecule has 0 spiro atoms. The smallest absolute Gasteiger partial charge is 0.227 e. The molecule has 1 saturated carbocycles. The van der Waals surface area contributed by atoms with Crippen LogP contribution in [-0.2, 0) is 11.2 Å². The third-order valence-electron chi connectivity index (χ3n) is 5.56. The average Bonchev–Trinajstić information content (AvgIpc) is 2.92. The van der Waals surface area contributed by atoms with E-state index in [9.17, 15) is 14.3 Å². The van der Waals surface area contributed by atoms with E-state index < -0.39 is 11.4 Å². The number of amides is 1. The number of aliphatic hydroxyl groups is 1. The van der Waals surface area contributed by atoms with Gasteiger partial charge in [-0.1, -0.05) is 24.9 Å². The maximum atomic E-state index is 13.4. The zero-order valence-corrected chi connectivity index (χ0v) is 14.2. The number of carbonyl (C=O) groups excluding carboxylic acids is 1. The monoisotopic (exact) mass is 339 g/mol. The summed E-state index contributed by atoms with van der Waals surface area (Å²) in [6.45, 7) is 3.33. The summed E-state index contributed by atoms with van der Waals surface area (Å²) in [6, 6.07) is 4.23. The maximum Gasteiger partial charge on any atom is 0.227 e. The van der Waals surface area contributed by atoms with Crippen LogP contribution in [-0.4, -0.2) is 34.6 Å². The zero-order chi connectivity index (χ0) is 16.6. The second-order valence-corrected chi connectivity index (χ2v) is 7.41. The minimum Gasteiger partial charge on any atom is -0.390 e. The molecule has 0 bridgehead atoms. The van der Waals surface area contributed by atoms with Crippen molar-refractivity contribution in [1.82, 2.24) is 4.90 Å². The summed E-state index contributed by atoms with van der Waals surface area (Å²) in [5, 5.41) is 11.1. The Morgan fingerprint density at radius 2 is 2.22 bits per heavy atom. The zero-order valence-electron chi connectivity index (χ0n) is 13.4. The first kappa shape index (κ1) is 16.7. The molecular weight excluding hydrogens is 317 g/mol. The van der Waals surface area contributed by atoms with Gasteiger partial charge in [-0.15, -0.1) is 0 Å². The molecule has 1 heterocycles. The lowest BCUT2D eigenvalue weighted by atomic mass is 9.69. The Bertz CT molecular complexity index is 588. The molecule has 1 aliphatic carbocycles. The van der Waals surface area contributed by atoms with Crippen LogP contribution in [0.5, 0.6) is 0 Å². The van der Waals surface area contributed by atoms with Gasteiger partial charge in [0, 0.05) is 24.0 Å². The summed E-state index contributed by atoms with van der Waals surface area (Å²) < 4.78 is 13.4. The largest absolute Gasteiger partial charge is 0.390 e. The van der Waals surface area contributed by atoms with Crippen LogP contribution < -0.4 is 0 Å². The molecule has 0 aromatic heterocycles. The Labute approximate surface area is 141 Å². The summed E-state index contributed by atoms with van der Waals surface area (Å²) >= 11 is 5.85. The number of fused-ring (bicyclic) bond motifs is 1. The second-order valence-electron chi connectivity index (χ2n) is 6.97. The Morgan fingerprint density at radius 3 is 2.91 bits per heavy atom. The standard InChI is InChI=1S/C18H23ClFNO2/c1-2-18(23)5-3-4-13-10-21(11-16(13)18)17(22)8-12-6-14(19)9-15(20)7-12/h6-7,9,13,16,23H,2-5,8,10-11H2,1H3/t13-,16+,18-/m0/s1. The molecule has 1 N–H and O–H groups in total. The number of carbonyl (C=O) groups is 1. The number of rotatable bonds is 3. The highest BCUT2D eigenvalue weighted by molar-refractivity contribution is 6.30. The van der Waals surface area contributed by atoms with Crippen molar-refractivity contribution in [2.24, 2.45) is 11.8 Å². The fourth-order valence-corrected chi connectivity index (χ4v) is 4.51. The van der Waals surface area contributed by atoms with Gasteiger partial charge in [-0.3, -0.25) is 4.79 Å². The molecule has 1 saturated heterocycles. The molecule has 1 aliphatic heterocycles. The summed E-state index contributed by atoms with van der Waals surface area (Å²) in [5.74, 6) is 0.116. The molecular formula is C18H23ClFNO2. The molecule has 23 heavy (non-hydrogen) atoms. The van der Waals surface area contributed by atoms with Crippen LogP contribution in [0.1, 0.15) is 38.2 Å². The van der Waals surface area contributed by atoms with Gasteiger partial charge in [0.2, 0.25) is 5.91 Å². The van der Waals surface area contributed by atoms with Crippen LogP contribution in [0.3, 0.4) is 0 Å². The number of hydrogen-bond acceptors (Lipinski definition) is 2. The van der Waals surface area contributed by atoms with E-state index in [4.69, 9.17) is 11.6 Å². The summed E-state index contributed by atoms with van der Waals surface area (Å²) in [6.07, 6.45) is 3.80. The third-order valence-corrected chi connectivity index (χ3v) is 5.78. The van der Waals surface area contributed by atoms with Crippen LogP contribution in [0.4, 0.5) is 4.39 Å². The molecule has 1 amide bonds. The Hall–Kier alpha value is -1.13. The lowest BCUT2D eigenvalue weighted by Crippen LogP contribution is -2.44. The molecule has 1 aromatic carbocycles. The molecule has 2 fully saturated rings. The Morgan fingerprint density at radius 1 is 1.43 bits per heavy atom. The summed E-state index contributed by atoms with van der Waals surface area (Å²) in [7, 11) is 0. The van der Waals surface area contributed by atoms with E-state index >= 15 is 0 Å². The van der Waals surface area contributed by atoms with Crippen molar-refractivity contribution in [3.63, 3.8) is 0 Å². The van der Waals surface area contributed by atoms with Crippen LogP contribution in [0.15, 0.2) is 18.2 Å². The highest BCUT2D eigenvalue weighted by atomic mass is 35.5. The van der Waals surface area contributed by atoms with E-state index in [1.54, 1.807) is 6.07 Å². The molecule has 3 nitrogen and oxygen atoms in total. The summed E-state index contributed by atoms with van der Waals surface area (Å²) in [4.78, 5) is 14.4. The minimum absolute atomic E-state index is 0.0143. The van der Waals surface area contributed by atoms with Gasteiger partial charge in [-0.05, 0) is 48.9 Å². The van der Waals surface area contributed by atoms with E-state index in [0.717, 1.165) is 25.7 Å².